The van der Waals surface area contributed by atoms with Crippen molar-refractivity contribution in [3.05, 3.63) is 65.7 Å². The molecule has 0 amide bonds. The molecular weight excluding hydrogens is 388 g/mol. The van der Waals surface area contributed by atoms with Crippen LogP contribution in [0.25, 0.3) is 0 Å². The van der Waals surface area contributed by atoms with E-state index in [0.717, 1.165) is 37.0 Å². The molecule has 2 aromatic carbocycles. The van der Waals surface area contributed by atoms with Crippen LogP contribution in [0.2, 0.25) is 0 Å². The summed E-state index contributed by atoms with van der Waals surface area (Å²) in [6.45, 7) is 5.06. The van der Waals surface area contributed by atoms with Crippen molar-refractivity contribution in [2.45, 2.75) is 69.3 Å². The molecule has 0 radical (unpaired) electrons. The van der Waals surface area contributed by atoms with Gasteiger partial charge in [-0.15, -0.1) is 0 Å². The zero-order chi connectivity index (χ0) is 20.7. The lowest BCUT2D eigenvalue weighted by Gasteiger charge is -2.24. The Balaban J connectivity index is 1.62. The van der Waals surface area contributed by atoms with E-state index in [2.05, 4.69) is 0 Å². The maximum Gasteiger partial charge on any atom is 0.297 e. The Labute approximate surface area is 174 Å². The first-order valence-corrected chi connectivity index (χ1v) is 11.6. The maximum atomic E-state index is 12.8. The first kappa shape index (κ1) is 22.0. The molecule has 0 spiro atoms. The third kappa shape index (κ3) is 7.23. The summed E-state index contributed by atoms with van der Waals surface area (Å²) in [4.78, 5) is 0.176. The van der Waals surface area contributed by atoms with Gasteiger partial charge in [0.05, 0.1) is 30.3 Å². The van der Waals surface area contributed by atoms with Crippen LogP contribution < -0.4 is 0 Å². The van der Waals surface area contributed by atoms with Crippen molar-refractivity contribution in [1.29, 1.82) is 0 Å². The molecule has 1 saturated heterocycles. The quantitative estimate of drug-likeness (QED) is 0.286. The standard InChI is InChI=1S/C23H30O5S/c1-18-12-14-22(15-13-18)29(24,25)28-23(11-7-6-10-21-17-27-21)19(2)26-16-20-8-4-3-5-9-20/h3-5,8-9,12-15,19,21,23H,6-7,10-11,16-17H2,1-2H3/t19-,21?,23-/m0/s1. The summed E-state index contributed by atoms with van der Waals surface area (Å²) < 4.78 is 42.4. The largest absolute Gasteiger partial charge is 0.373 e. The molecule has 3 atom stereocenters. The molecule has 1 aliphatic rings. The zero-order valence-corrected chi connectivity index (χ0v) is 17.9. The fourth-order valence-electron chi connectivity index (χ4n) is 3.15. The second-order valence-electron chi connectivity index (χ2n) is 7.64. The Morgan fingerprint density at radius 3 is 2.41 bits per heavy atom. The van der Waals surface area contributed by atoms with E-state index in [9.17, 15) is 8.42 Å². The van der Waals surface area contributed by atoms with E-state index in [4.69, 9.17) is 13.7 Å². The van der Waals surface area contributed by atoms with Gasteiger partial charge in [0, 0.05) is 0 Å². The van der Waals surface area contributed by atoms with E-state index in [1.165, 1.54) is 0 Å². The van der Waals surface area contributed by atoms with Gasteiger partial charge in [-0.3, -0.25) is 4.18 Å². The van der Waals surface area contributed by atoms with Crippen molar-refractivity contribution in [3.8, 4) is 0 Å². The summed E-state index contributed by atoms with van der Waals surface area (Å²) in [5, 5.41) is 0. The Hall–Kier alpha value is -1.73. The van der Waals surface area contributed by atoms with Gasteiger partial charge in [-0.1, -0.05) is 60.9 Å². The van der Waals surface area contributed by atoms with Crippen molar-refractivity contribution in [2.24, 2.45) is 0 Å². The fraction of sp³-hybridized carbons (Fsp3) is 0.478. The van der Waals surface area contributed by atoms with Gasteiger partial charge in [-0.05, 0) is 44.4 Å². The molecule has 0 aromatic heterocycles. The van der Waals surface area contributed by atoms with Crippen molar-refractivity contribution < 1.29 is 22.1 Å². The van der Waals surface area contributed by atoms with Gasteiger partial charge < -0.3 is 9.47 Å². The molecule has 6 heteroatoms. The van der Waals surface area contributed by atoms with Crippen molar-refractivity contribution in [1.82, 2.24) is 0 Å². The van der Waals surface area contributed by atoms with E-state index in [1.807, 2.05) is 44.2 Å². The minimum atomic E-state index is -3.85. The number of hydrogen-bond acceptors (Lipinski definition) is 5. The van der Waals surface area contributed by atoms with E-state index in [-0.39, 0.29) is 11.0 Å². The molecule has 0 saturated carbocycles. The molecule has 3 rings (SSSR count). The highest BCUT2D eigenvalue weighted by Gasteiger charge is 2.27. The number of hydrogen-bond donors (Lipinski definition) is 0. The van der Waals surface area contributed by atoms with Crippen LogP contribution in [0.4, 0.5) is 0 Å². The van der Waals surface area contributed by atoms with Crippen molar-refractivity contribution in [2.75, 3.05) is 6.61 Å². The predicted molar refractivity (Wildman–Crippen MR) is 112 cm³/mol. The van der Waals surface area contributed by atoms with Gasteiger partial charge in [-0.2, -0.15) is 8.42 Å². The summed E-state index contributed by atoms with van der Waals surface area (Å²) in [5.74, 6) is 0. The number of epoxide rings is 1. The van der Waals surface area contributed by atoms with Crippen LogP contribution in [-0.4, -0.2) is 33.3 Å². The average molecular weight is 419 g/mol. The fourth-order valence-corrected chi connectivity index (χ4v) is 4.30. The Morgan fingerprint density at radius 2 is 1.76 bits per heavy atom. The number of aryl methyl sites for hydroxylation is 1. The molecule has 1 heterocycles. The van der Waals surface area contributed by atoms with E-state index in [1.54, 1.807) is 24.3 Å². The molecule has 2 aromatic rings. The molecule has 29 heavy (non-hydrogen) atoms. The number of benzene rings is 2. The summed E-state index contributed by atoms with van der Waals surface area (Å²) in [7, 11) is -3.85. The number of ether oxygens (including phenoxy) is 2. The van der Waals surface area contributed by atoms with Crippen LogP contribution in [-0.2, 0) is 30.4 Å². The van der Waals surface area contributed by atoms with Crippen LogP contribution >= 0.6 is 0 Å². The third-order valence-electron chi connectivity index (χ3n) is 5.11. The number of rotatable bonds is 12. The second-order valence-corrected chi connectivity index (χ2v) is 9.22. The number of unbranched alkanes of at least 4 members (excludes halogenated alkanes) is 1. The predicted octanol–water partition coefficient (Wildman–Crippen LogP) is 4.63. The molecule has 1 fully saturated rings. The Morgan fingerprint density at radius 1 is 1.07 bits per heavy atom. The van der Waals surface area contributed by atoms with Gasteiger partial charge in [0.2, 0.25) is 0 Å². The van der Waals surface area contributed by atoms with Crippen LogP contribution in [0.1, 0.15) is 43.7 Å². The van der Waals surface area contributed by atoms with E-state index in [0.29, 0.717) is 19.1 Å². The van der Waals surface area contributed by atoms with Crippen LogP contribution in [0.3, 0.4) is 0 Å². The third-order valence-corrected chi connectivity index (χ3v) is 6.46. The van der Waals surface area contributed by atoms with Crippen LogP contribution in [0.5, 0.6) is 0 Å². The molecule has 0 N–H and O–H groups in total. The highest BCUT2D eigenvalue weighted by atomic mass is 32.2. The van der Waals surface area contributed by atoms with E-state index < -0.39 is 16.2 Å². The lowest BCUT2D eigenvalue weighted by molar-refractivity contribution is -0.0252. The molecule has 0 bridgehead atoms. The van der Waals surface area contributed by atoms with Gasteiger partial charge in [0.25, 0.3) is 10.1 Å². The van der Waals surface area contributed by atoms with Crippen molar-refractivity contribution in [3.63, 3.8) is 0 Å². The van der Waals surface area contributed by atoms with Crippen LogP contribution in [0.15, 0.2) is 59.5 Å². The SMILES string of the molecule is Cc1ccc(S(=O)(=O)O[C@@H](CCCCC2CO2)[C@H](C)OCc2ccccc2)cc1. The zero-order valence-electron chi connectivity index (χ0n) is 17.1. The summed E-state index contributed by atoms with van der Waals surface area (Å²) >= 11 is 0. The second kappa shape index (κ2) is 10.3. The minimum Gasteiger partial charge on any atom is -0.373 e. The topological polar surface area (TPSA) is 65.1 Å². The molecule has 0 aliphatic carbocycles. The monoisotopic (exact) mass is 418 g/mol. The van der Waals surface area contributed by atoms with Gasteiger partial charge in [-0.25, -0.2) is 0 Å². The first-order chi connectivity index (χ1) is 13.9. The van der Waals surface area contributed by atoms with Gasteiger partial charge >= 0.3 is 0 Å². The van der Waals surface area contributed by atoms with Crippen LogP contribution in [0, 0.1) is 6.92 Å². The first-order valence-electron chi connectivity index (χ1n) is 10.2. The van der Waals surface area contributed by atoms with Crippen molar-refractivity contribution >= 4 is 10.1 Å². The van der Waals surface area contributed by atoms with Gasteiger partial charge in [0.15, 0.2) is 0 Å². The lowest BCUT2D eigenvalue weighted by Crippen LogP contribution is -2.31. The average Bonchev–Trinajstić information content (AvgIpc) is 3.54. The smallest absolute Gasteiger partial charge is 0.297 e. The lowest BCUT2D eigenvalue weighted by atomic mass is 10.1. The highest BCUT2D eigenvalue weighted by Crippen LogP contribution is 2.23. The Bertz CT molecular complexity index is 845. The summed E-state index contributed by atoms with van der Waals surface area (Å²) in [5.41, 5.74) is 2.05. The minimum absolute atomic E-state index is 0.176. The molecule has 1 aliphatic heterocycles. The summed E-state index contributed by atoms with van der Waals surface area (Å²) in [6.07, 6.45) is 2.98. The molecule has 5 nitrogen and oxygen atoms in total. The molecular formula is C23H30O5S. The maximum absolute atomic E-state index is 12.8. The molecule has 1 unspecified atom stereocenters. The summed E-state index contributed by atoms with van der Waals surface area (Å²) in [6, 6.07) is 16.6. The van der Waals surface area contributed by atoms with E-state index >= 15 is 0 Å². The molecule has 158 valence electrons. The van der Waals surface area contributed by atoms with Gasteiger partial charge in [0.1, 0.15) is 6.10 Å². The Kier molecular flexibility index (Phi) is 7.84. The normalized spacial score (nSPS) is 18.3. The highest BCUT2D eigenvalue weighted by molar-refractivity contribution is 7.86.